The Morgan fingerprint density at radius 2 is 2.12 bits per heavy atom. The zero-order valence-corrected chi connectivity index (χ0v) is 15.5. The molecule has 0 bridgehead atoms. The number of aryl methyl sites for hydroxylation is 2. The summed E-state index contributed by atoms with van der Waals surface area (Å²) in [6, 6.07) is 5.39. The number of aliphatic hydroxyl groups is 1. The highest BCUT2D eigenvalue weighted by Gasteiger charge is 2.36. The molecule has 0 aliphatic rings. The fourth-order valence-electron chi connectivity index (χ4n) is 2.48. The van der Waals surface area contributed by atoms with Crippen molar-refractivity contribution in [2.75, 3.05) is 6.54 Å². The van der Waals surface area contributed by atoms with Crippen molar-refractivity contribution in [2.24, 2.45) is 0 Å². The second-order valence-electron chi connectivity index (χ2n) is 5.33. The van der Waals surface area contributed by atoms with Crippen LogP contribution in [0.3, 0.4) is 0 Å². The van der Waals surface area contributed by atoms with E-state index >= 15 is 0 Å². The minimum atomic E-state index is -3.85. The van der Waals surface area contributed by atoms with Gasteiger partial charge in [0.2, 0.25) is 10.0 Å². The summed E-state index contributed by atoms with van der Waals surface area (Å²) in [4.78, 5) is 0.684. The van der Waals surface area contributed by atoms with E-state index in [1.165, 1.54) is 22.7 Å². The first-order valence-corrected chi connectivity index (χ1v) is 10.4. The van der Waals surface area contributed by atoms with Crippen molar-refractivity contribution in [3.05, 3.63) is 56.2 Å². The number of thiophene rings is 2. The molecule has 128 valence electrons. The Bertz CT molecular complexity index is 859. The van der Waals surface area contributed by atoms with Gasteiger partial charge in [0.15, 0.2) is 5.76 Å². The molecule has 0 unspecified atom stereocenters. The van der Waals surface area contributed by atoms with Gasteiger partial charge in [0.1, 0.15) is 16.2 Å². The molecule has 3 heterocycles. The monoisotopic (exact) mass is 384 g/mol. The summed E-state index contributed by atoms with van der Waals surface area (Å²) in [5.74, 6) is 0.218. The number of sulfonamides is 1. The maximum Gasteiger partial charge on any atom is 0.246 e. The number of nitrogens with zero attached hydrogens (tertiary/aromatic N) is 1. The highest BCUT2D eigenvalue weighted by atomic mass is 32.2. The van der Waals surface area contributed by atoms with Crippen molar-refractivity contribution in [3.8, 4) is 0 Å². The summed E-state index contributed by atoms with van der Waals surface area (Å²) in [5, 5.41) is 20.4. The summed E-state index contributed by atoms with van der Waals surface area (Å²) in [5.41, 5.74) is -0.494. The van der Waals surface area contributed by atoms with Crippen LogP contribution in [0, 0.1) is 13.8 Å². The molecule has 0 saturated carbocycles. The van der Waals surface area contributed by atoms with Crippen LogP contribution in [0.2, 0.25) is 0 Å². The first-order valence-electron chi connectivity index (χ1n) is 7.06. The lowest BCUT2D eigenvalue weighted by molar-refractivity contribution is 0.0903. The van der Waals surface area contributed by atoms with Crippen molar-refractivity contribution >= 4 is 32.7 Å². The maximum atomic E-state index is 12.6. The zero-order chi connectivity index (χ0) is 17.4. The molecule has 0 aromatic carbocycles. The highest BCUT2D eigenvalue weighted by molar-refractivity contribution is 7.89. The third-order valence-corrected chi connectivity index (χ3v) is 7.03. The summed E-state index contributed by atoms with van der Waals surface area (Å²) in [6.45, 7) is 2.92. The van der Waals surface area contributed by atoms with Crippen LogP contribution in [0.1, 0.15) is 21.9 Å². The molecular weight excluding hydrogens is 368 g/mol. The molecule has 0 spiro atoms. The lowest BCUT2D eigenvalue weighted by Crippen LogP contribution is -2.41. The fraction of sp³-hybridized carbons (Fsp3) is 0.267. The molecule has 0 aliphatic carbocycles. The van der Waals surface area contributed by atoms with E-state index in [1.54, 1.807) is 26.0 Å². The molecule has 0 amide bonds. The Morgan fingerprint density at radius 3 is 2.67 bits per heavy atom. The molecule has 0 saturated heterocycles. The van der Waals surface area contributed by atoms with E-state index in [4.69, 9.17) is 4.52 Å². The molecule has 24 heavy (non-hydrogen) atoms. The van der Waals surface area contributed by atoms with Crippen LogP contribution in [-0.2, 0) is 15.6 Å². The van der Waals surface area contributed by atoms with Crippen LogP contribution in [0.5, 0.6) is 0 Å². The molecule has 0 aliphatic heterocycles. The van der Waals surface area contributed by atoms with Crippen LogP contribution in [0.25, 0.3) is 0 Å². The molecule has 1 atom stereocenters. The van der Waals surface area contributed by atoms with Gasteiger partial charge in [-0.2, -0.15) is 11.3 Å². The first-order chi connectivity index (χ1) is 11.3. The Hall–Kier alpha value is -1.52. The third-order valence-electron chi connectivity index (χ3n) is 3.68. The minimum Gasteiger partial charge on any atom is -0.378 e. The zero-order valence-electron chi connectivity index (χ0n) is 13.0. The Kier molecular flexibility index (Phi) is 4.63. The van der Waals surface area contributed by atoms with Gasteiger partial charge in [-0.1, -0.05) is 11.2 Å². The quantitative estimate of drug-likeness (QED) is 0.682. The molecule has 0 radical (unpaired) electrons. The summed E-state index contributed by atoms with van der Waals surface area (Å²) >= 11 is 2.81. The van der Waals surface area contributed by atoms with Crippen molar-refractivity contribution in [3.63, 3.8) is 0 Å². The van der Waals surface area contributed by atoms with Crippen molar-refractivity contribution in [1.29, 1.82) is 0 Å². The molecule has 3 aromatic heterocycles. The second-order valence-corrected chi connectivity index (χ2v) is 8.76. The number of aromatic nitrogens is 1. The van der Waals surface area contributed by atoms with Gasteiger partial charge in [-0.05, 0) is 42.1 Å². The van der Waals surface area contributed by atoms with E-state index in [0.29, 0.717) is 10.4 Å². The topological polar surface area (TPSA) is 92.4 Å². The summed E-state index contributed by atoms with van der Waals surface area (Å²) in [6.07, 6.45) is 0. The fourth-order valence-corrected chi connectivity index (χ4v) is 5.43. The van der Waals surface area contributed by atoms with Gasteiger partial charge in [0, 0.05) is 17.0 Å². The van der Waals surface area contributed by atoms with Crippen LogP contribution in [-0.4, -0.2) is 25.2 Å². The van der Waals surface area contributed by atoms with E-state index in [2.05, 4.69) is 9.88 Å². The van der Waals surface area contributed by atoms with Crippen molar-refractivity contribution in [2.45, 2.75) is 24.3 Å². The van der Waals surface area contributed by atoms with Gasteiger partial charge in [-0.15, -0.1) is 11.3 Å². The Balaban J connectivity index is 1.93. The molecule has 2 N–H and O–H groups in total. The predicted octanol–water partition coefficient (Wildman–Crippen LogP) is 2.63. The molecule has 9 heteroatoms. The number of hydrogen-bond acceptors (Lipinski definition) is 7. The maximum absolute atomic E-state index is 12.6. The van der Waals surface area contributed by atoms with Crippen LogP contribution in [0.4, 0.5) is 0 Å². The van der Waals surface area contributed by atoms with E-state index in [1.807, 2.05) is 22.2 Å². The number of rotatable bonds is 6. The molecular formula is C15H16N2O4S3. The average molecular weight is 385 g/mol. The molecule has 6 nitrogen and oxygen atoms in total. The average Bonchev–Trinajstić information content (AvgIpc) is 3.27. The van der Waals surface area contributed by atoms with Crippen molar-refractivity contribution in [1.82, 2.24) is 9.88 Å². The standard InChI is InChI=1S/C15H16N2O4S3/c1-10-14(11(2)21-17-10)24(19,20)16-9-15(18,12-5-7-22-8-12)13-4-3-6-23-13/h3-8,16,18H,9H2,1-2H3/t15-/m1/s1. The van der Waals surface area contributed by atoms with Gasteiger partial charge in [-0.3, -0.25) is 0 Å². The van der Waals surface area contributed by atoms with E-state index < -0.39 is 15.6 Å². The SMILES string of the molecule is Cc1noc(C)c1S(=O)(=O)NC[C@@](O)(c1ccsc1)c1cccs1. The molecule has 3 aromatic rings. The smallest absolute Gasteiger partial charge is 0.246 e. The van der Waals surface area contributed by atoms with Crippen LogP contribution < -0.4 is 4.72 Å². The van der Waals surface area contributed by atoms with Crippen molar-refractivity contribution < 1.29 is 18.0 Å². The molecule has 0 fully saturated rings. The highest BCUT2D eigenvalue weighted by Crippen LogP contribution is 2.34. The lowest BCUT2D eigenvalue weighted by Gasteiger charge is -2.26. The summed E-state index contributed by atoms with van der Waals surface area (Å²) in [7, 11) is -3.85. The van der Waals surface area contributed by atoms with Gasteiger partial charge in [-0.25, -0.2) is 13.1 Å². The van der Waals surface area contributed by atoms with E-state index in [0.717, 1.165) is 0 Å². The minimum absolute atomic E-state index is 0.0151. The van der Waals surface area contributed by atoms with Crippen LogP contribution in [0.15, 0.2) is 43.8 Å². The predicted molar refractivity (Wildman–Crippen MR) is 92.8 cm³/mol. The van der Waals surface area contributed by atoms with Gasteiger partial charge in [0.05, 0.1) is 0 Å². The Morgan fingerprint density at radius 1 is 1.33 bits per heavy atom. The second kappa shape index (κ2) is 6.41. The van der Waals surface area contributed by atoms with Crippen LogP contribution >= 0.6 is 22.7 Å². The summed E-state index contributed by atoms with van der Waals surface area (Å²) < 4.78 is 32.6. The van der Waals surface area contributed by atoms with E-state index in [9.17, 15) is 13.5 Å². The van der Waals surface area contributed by atoms with E-state index in [-0.39, 0.29) is 22.9 Å². The normalized spacial score (nSPS) is 14.6. The van der Waals surface area contributed by atoms with Gasteiger partial charge >= 0.3 is 0 Å². The molecule has 3 rings (SSSR count). The largest absolute Gasteiger partial charge is 0.378 e. The first kappa shape index (κ1) is 17.3. The number of hydrogen-bond donors (Lipinski definition) is 2. The lowest BCUT2D eigenvalue weighted by atomic mass is 9.95. The third kappa shape index (κ3) is 3.05. The van der Waals surface area contributed by atoms with Gasteiger partial charge < -0.3 is 9.63 Å². The number of nitrogens with one attached hydrogen (secondary N) is 1. The Labute approximate surface area is 147 Å². The van der Waals surface area contributed by atoms with Gasteiger partial charge in [0.25, 0.3) is 0 Å².